The van der Waals surface area contributed by atoms with Gasteiger partial charge in [-0.1, -0.05) is 0 Å². The minimum atomic E-state index is 0.0351. The number of rotatable bonds is 1. The van der Waals surface area contributed by atoms with Gasteiger partial charge in [-0.2, -0.15) is 0 Å². The van der Waals surface area contributed by atoms with Crippen molar-refractivity contribution in [3.05, 3.63) is 11.8 Å². The summed E-state index contributed by atoms with van der Waals surface area (Å²) in [6, 6.07) is 0. The fourth-order valence-corrected chi connectivity index (χ4v) is 0.974. The van der Waals surface area contributed by atoms with Gasteiger partial charge in [-0.15, -0.1) is 0 Å². The molecule has 0 amide bonds. The molecule has 1 aliphatic rings. The van der Waals surface area contributed by atoms with Crippen LogP contribution in [0.1, 0.15) is 6.92 Å². The molecular weight excluding hydrogens is 196 g/mol. The van der Waals surface area contributed by atoms with Crippen molar-refractivity contribution < 1.29 is 4.79 Å². The van der Waals surface area contributed by atoms with Crippen LogP contribution in [-0.4, -0.2) is 22.6 Å². The number of hydrogen-bond acceptors (Lipinski definition) is 3. The molecular formula is C6H7BrN2O. The first kappa shape index (κ1) is 7.47. The van der Waals surface area contributed by atoms with E-state index in [2.05, 4.69) is 21.1 Å². The van der Waals surface area contributed by atoms with Crippen molar-refractivity contribution in [2.75, 3.05) is 6.67 Å². The number of nitrogens with zero attached hydrogens (tertiary/aromatic N) is 2. The summed E-state index contributed by atoms with van der Waals surface area (Å²) >= 11 is 3.19. The summed E-state index contributed by atoms with van der Waals surface area (Å²) in [4.78, 5) is 14.7. The summed E-state index contributed by atoms with van der Waals surface area (Å²) in [5.41, 5.74) is 0.628. The fraction of sp³-hybridized carbons (Fsp3) is 0.333. The minimum Gasteiger partial charge on any atom is -0.294 e. The van der Waals surface area contributed by atoms with Gasteiger partial charge < -0.3 is 0 Å². The zero-order valence-electron chi connectivity index (χ0n) is 5.54. The zero-order chi connectivity index (χ0) is 7.56. The SMILES string of the molecule is CC(=O)C1=CN(Br)CN=C1. The van der Waals surface area contributed by atoms with E-state index in [4.69, 9.17) is 0 Å². The number of carbonyl (C=O) groups is 1. The summed E-state index contributed by atoms with van der Waals surface area (Å²) in [6.45, 7) is 2.08. The van der Waals surface area contributed by atoms with E-state index in [1.54, 1.807) is 16.3 Å². The lowest BCUT2D eigenvalue weighted by Gasteiger charge is -2.12. The molecule has 1 rings (SSSR count). The molecule has 0 bridgehead atoms. The maximum absolute atomic E-state index is 10.7. The molecule has 54 valence electrons. The van der Waals surface area contributed by atoms with Crippen LogP contribution < -0.4 is 0 Å². The van der Waals surface area contributed by atoms with Gasteiger partial charge in [0, 0.05) is 12.4 Å². The number of aliphatic imine (C=N–C) groups is 1. The highest BCUT2D eigenvalue weighted by atomic mass is 79.9. The average Bonchev–Trinajstić information content (AvgIpc) is 1.88. The van der Waals surface area contributed by atoms with Gasteiger partial charge in [-0.25, -0.2) is 0 Å². The predicted molar refractivity (Wildman–Crippen MR) is 42.9 cm³/mol. The third-order valence-corrected chi connectivity index (χ3v) is 1.56. The molecule has 3 nitrogen and oxygen atoms in total. The number of halogens is 1. The molecule has 0 aliphatic carbocycles. The Kier molecular flexibility index (Phi) is 2.21. The Labute approximate surface area is 67.8 Å². The molecule has 0 radical (unpaired) electrons. The lowest BCUT2D eigenvalue weighted by atomic mass is 10.2. The molecule has 1 heterocycles. The number of carbonyl (C=O) groups excluding carboxylic acids is 1. The largest absolute Gasteiger partial charge is 0.294 e. The Hall–Kier alpha value is -0.640. The van der Waals surface area contributed by atoms with E-state index in [0.29, 0.717) is 12.2 Å². The second-order valence-electron chi connectivity index (χ2n) is 1.99. The maximum atomic E-state index is 10.7. The Bertz CT molecular complexity index is 210. The first-order valence-electron chi connectivity index (χ1n) is 2.85. The van der Waals surface area contributed by atoms with E-state index < -0.39 is 0 Å². The molecule has 0 spiro atoms. The van der Waals surface area contributed by atoms with Crippen molar-refractivity contribution in [1.29, 1.82) is 0 Å². The van der Waals surface area contributed by atoms with Crippen LogP contribution in [0.5, 0.6) is 0 Å². The van der Waals surface area contributed by atoms with Crippen LogP contribution in [0, 0.1) is 0 Å². The molecule has 0 aromatic rings. The Morgan fingerprint density at radius 1 is 1.90 bits per heavy atom. The number of ketones is 1. The number of Topliss-reactive ketones (excluding diaryl/α,β-unsaturated/α-hetero) is 1. The van der Waals surface area contributed by atoms with Crippen molar-refractivity contribution in [1.82, 2.24) is 3.93 Å². The van der Waals surface area contributed by atoms with E-state index in [0.717, 1.165) is 0 Å². The summed E-state index contributed by atoms with van der Waals surface area (Å²) in [7, 11) is 0. The standard InChI is InChI=1S/C6H7BrN2O/c1-5(10)6-2-8-4-9(7)3-6/h2-3H,4H2,1H3. The first-order valence-corrected chi connectivity index (χ1v) is 3.56. The topological polar surface area (TPSA) is 32.7 Å². The molecule has 0 saturated carbocycles. The van der Waals surface area contributed by atoms with Crippen molar-refractivity contribution >= 4 is 28.1 Å². The molecule has 0 atom stereocenters. The van der Waals surface area contributed by atoms with Crippen molar-refractivity contribution in [2.24, 2.45) is 4.99 Å². The molecule has 10 heavy (non-hydrogen) atoms. The van der Waals surface area contributed by atoms with Crippen LogP contribution in [0.25, 0.3) is 0 Å². The fourth-order valence-electron chi connectivity index (χ4n) is 0.624. The van der Waals surface area contributed by atoms with Crippen molar-refractivity contribution in [3.63, 3.8) is 0 Å². The van der Waals surface area contributed by atoms with Gasteiger partial charge in [0.2, 0.25) is 0 Å². The summed E-state index contributed by atoms with van der Waals surface area (Å²) in [5, 5.41) is 0. The summed E-state index contributed by atoms with van der Waals surface area (Å²) in [6.07, 6.45) is 3.30. The lowest BCUT2D eigenvalue weighted by molar-refractivity contribution is -0.113. The predicted octanol–water partition coefficient (Wildman–Crippen LogP) is 1.11. The van der Waals surface area contributed by atoms with Gasteiger partial charge in [0.1, 0.15) is 6.67 Å². The Balaban J connectivity index is 2.76. The summed E-state index contributed by atoms with van der Waals surface area (Å²) in [5.74, 6) is 0.0351. The second-order valence-corrected chi connectivity index (χ2v) is 2.90. The van der Waals surface area contributed by atoms with Gasteiger partial charge in [0.25, 0.3) is 0 Å². The highest BCUT2D eigenvalue weighted by Gasteiger charge is 2.05. The quantitative estimate of drug-likeness (QED) is 0.598. The van der Waals surface area contributed by atoms with Crippen LogP contribution in [0.15, 0.2) is 16.8 Å². The Morgan fingerprint density at radius 3 is 3.00 bits per heavy atom. The molecule has 1 aliphatic heterocycles. The summed E-state index contributed by atoms with van der Waals surface area (Å²) < 4.78 is 1.68. The minimum absolute atomic E-state index is 0.0351. The van der Waals surface area contributed by atoms with Crippen molar-refractivity contribution in [2.45, 2.75) is 6.92 Å². The van der Waals surface area contributed by atoms with E-state index in [-0.39, 0.29) is 5.78 Å². The van der Waals surface area contributed by atoms with Crippen LogP contribution in [0.2, 0.25) is 0 Å². The highest BCUT2D eigenvalue weighted by Crippen LogP contribution is 2.07. The smallest absolute Gasteiger partial charge is 0.162 e. The molecule has 0 saturated heterocycles. The molecule has 0 aromatic carbocycles. The highest BCUT2D eigenvalue weighted by molar-refractivity contribution is 9.07. The van der Waals surface area contributed by atoms with Crippen LogP contribution >= 0.6 is 16.1 Å². The number of allylic oxidation sites excluding steroid dienone is 1. The van der Waals surface area contributed by atoms with Gasteiger partial charge in [-0.05, 0) is 6.92 Å². The molecule has 0 aromatic heterocycles. The Morgan fingerprint density at radius 2 is 2.60 bits per heavy atom. The van der Waals surface area contributed by atoms with Gasteiger partial charge in [0.05, 0.1) is 21.7 Å². The second kappa shape index (κ2) is 2.96. The van der Waals surface area contributed by atoms with E-state index in [9.17, 15) is 4.79 Å². The van der Waals surface area contributed by atoms with E-state index in [1.807, 2.05) is 0 Å². The van der Waals surface area contributed by atoms with Crippen LogP contribution in [0.3, 0.4) is 0 Å². The monoisotopic (exact) mass is 202 g/mol. The normalized spacial score (nSPS) is 17.0. The van der Waals surface area contributed by atoms with Gasteiger partial charge in [-0.3, -0.25) is 13.7 Å². The van der Waals surface area contributed by atoms with E-state index in [1.165, 1.54) is 6.92 Å². The first-order chi connectivity index (χ1) is 4.70. The molecule has 0 fully saturated rings. The lowest BCUT2D eigenvalue weighted by Crippen LogP contribution is -2.13. The number of hydrogen-bond donors (Lipinski definition) is 0. The van der Waals surface area contributed by atoms with Gasteiger partial charge in [0.15, 0.2) is 5.78 Å². The molecule has 0 unspecified atom stereocenters. The maximum Gasteiger partial charge on any atom is 0.162 e. The zero-order valence-corrected chi connectivity index (χ0v) is 7.13. The van der Waals surface area contributed by atoms with E-state index >= 15 is 0 Å². The third kappa shape index (κ3) is 1.67. The molecule has 4 heteroatoms. The molecule has 0 N–H and O–H groups in total. The van der Waals surface area contributed by atoms with Gasteiger partial charge >= 0.3 is 0 Å². The van der Waals surface area contributed by atoms with Crippen molar-refractivity contribution in [3.8, 4) is 0 Å². The van der Waals surface area contributed by atoms with Crippen LogP contribution in [-0.2, 0) is 4.79 Å². The van der Waals surface area contributed by atoms with Crippen LogP contribution in [0.4, 0.5) is 0 Å². The average molecular weight is 203 g/mol. The third-order valence-electron chi connectivity index (χ3n) is 1.13.